The van der Waals surface area contributed by atoms with E-state index in [1.165, 1.54) is 0 Å². The van der Waals surface area contributed by atoms with Crippen molar-refractivity contribution in [2.24, 2.45) is 11.7 Å². The fraction of sp³-hybridized carbons (Fsp3) is 0.500. The molecule has 15 heavy (non-hydrogen) atoms. The normalized spacial score (nSPS) is 25.1. The zero-order valence-corrected chi connectivity index (χ0v) is 8.39. The van der Waals surface area contributed by atoms with Crippen molar-refractivity contribution in [1.29, 1.82) is 0 Å². The molecule has 0 saturated heterocycles. The zero-order chi connectivity index (χ0) is 10.7. The van der Waals surface area contributed by atoms with E-state index in [9.17, 15) is 4.79 Å². The average Bonchev–Trinajstić information content (AvgIpc) is 2.66. The minimum absolute atomic E-state index is 0.0197. The molecule has 2 atom stereocenters. The quantitative estimate of drug-likeness (QED) is 0.740. The number of amides is 1. The predicted octanol–water partition coefficient (Wildman–Crippen LogP) is 0.542. The summed E-state index contributed by atoms with van der Waals surface area (Å²) in [6, 6.07) is 1.69. The molecular formula is C10H14N4O. The first-order chi connectivity index (χ1) is 7.27. The number of nitrogens with one attached hydrogen (secondary N) is 1. The Morgan fingerprint density at radius 2 is 2.13 bits per heavy atom. The lowest BCUT2D eigenvalue weighted by Gasteiger charge is -2.13. The van der Waals surface area contributed by atoms with Gasteiger partial charge in [0.1, 0.15) is 0 Å². The first-order valence-electron chi connectivity index (χ1n) is 5.11. The Morgan fingerprint density at radius 1 is 1.40 bits per heavy atom. The molecule has 0 bridgehead atoms. The Morgan fingerprint density at radius 3 is 2.73 bits per heavy atom. The van der Waals surface area contributed by atoms with Crippen molar-refractivity contribution in [3.63, 3.8) is 0 Å². The molecule has 1 amide bonds. The summed E-state index contributed by atoms with van der Waals surface area (Å²) in [4.78, 5) is 19.6. The van der Waals surface area contributed by atoms with Crippen molar-refractivity contribution in [2.45, 2.75) is 25.3 Å². The first kappa shape index (κ1) is 10.0. The van der Waals surface area contributed by atoms with E-state index >= 15 is 0 Å². The maximum absolute atomic E-state index is 11.8. The van der Waals surface area contributed by atoms with Gasteiger partial charge in [0.2, 0.25) is 11.9 Å². The summed E-state index contributed by atoms with van der Waals surface area (Å²) >= 11 is 0. The van der Waals surface area contributed by atoms with Gasteiger partial charge < -0.3 is 5.73 Å². The highest BCUT2D eigenvalue weighted by Crippen LogP contribution is 2.24. The van der Waals surface area contributed by atoms with Crippen LogP contribution in [0.4, 0.5) is 5.95 Å². The molecule has 1 aromatic rings. The zero-order valence-electron chi connectivity index (χ0n) is 8.39. The number of nitrogens with zero attached hydrogens (tertiary/aromatic N) is 2. The molecule has 1 aliphatic rings. The van der Waals surface area contributed by atoms with Crippen LogP contribution in [0.3, 0.4) is 0 Å². The van der Waals surface area contributed by atoms with Crippen LogP contribution in [0.2, 0.25) is 0 Å². The van der Waals surface area contributed by atoms with E-state index < -0.39 is 0 Å². The van der Waals surface area contributed by atoms with Crippen LogP contribution in [-0.2, 0) is 4.79 Å². The SMILES string of the molecule is NC1CCCC1C(=O)Nc1ncccn1. The molecule has 0 spiro atoms. The summed E-state index contributed by atoms with van der Waals surface area (Å²) in [6.07, 6.45) is 6.00. The number of anilines is 1. The van der Waals surface area contributed by atoms with Gasteiger partial charge >= 0.3 is 0 Å². The first-order valence-corrected chi connectivity index (χ1v) is 5.11. The van der Waals surface area contributed by atoms with E-state index in [0.717, 1.165) is 19.3 Å². The molecule has 3 N–H and O–H groups in total. The molecule has 1 aromatic heterocycles. The second-order valence-electron chi connectivity index (χ2n) is 3.76. The molecule has 1 heterocycles. The van der Waals surface area contributed by atoms with Crippen molar-refractivity contribution in [3.8, 4) is 0 Å². The highest BCUT2D eigenvalue weighted by atomic mass is 16.2. The van der Waals surface area contributed by atoms with Gasteiger partial charge in [0.15, 0.2) is 0 Å². The van der Waals surface area contributed by atoms with Gasteiger partial charge in [-0.25, -0.2) is 9.97 Å². The van der Waals surface area contributed by atoms with Crippen molar-refractivity contribution in [1.82, 2.24) is 9.97 Å². The number of hydrogen-bond donors (Lipinski definition) is 2. The van der Waals surface area contributed by atoms with Crippen LogP contribution in [0.25, 0.3) is 0 Å². The van der Waals surface area contributed by atoms with Crippen LogP contribution < -0.4 is 11.1 Å². The van der Waals surface area contributed by atoms with Crippen LogP contribution in [0.5, 0.6) is 0 Å². The smallest absolute Gasteiger partial charge is 0.231 e. The second-order valence-corrected chi connectivity index (χ2v) is 3.76. The number of carbonyl (C=O) groups excluding carboxylic acids is 1. The minimum Gasteiger partial charge on any atom is -0.327 e. The molecule has 1 aliphatic carbocycles. The van der Waals surface area contributed by atoms with Gasteiger partial charge in [0.25, 0.3) is 0 Å². The third-order valence-electron chi connectivity index (χ3n) is 2.71. The Bertz CT molecular complexity index is 341. The molecule has 2 unspecified atom stereocenters. The van der Waals surface area contributed by atoms with Crippen LogP contribution >= 0.6 is 0 Å². The number of rotatable bonds is 2. The molecule has 1 fully saturated rings. The molecule has 0 radical (unpaired) electrons. The second kappa shape index (κ2) is 4.35. The largest absolute Gasteiger partial charge is 0.327 e. The molecule has 0 aromatic carbocycles. The Kier molecular flexibility index (Phi) is 2.91. The van der Waals surface area contributed by atoms with Gasteiger partial charge in [-0.1, -0.05) is 6.42 Å². The summed E-state index contributed by atoms with van der Waals surface area (Å²) < 4.78 is 0. The summed E-state index contributed by atoms with van der Waals surface area (Å²) in [5, 5.41) is 2.67. The third kappa shape index (κ3) is 2.30. The van der Waals surface area contributed by atoms with E-state index in [1.54, 1.807) is 18.5 Å². The average molecular weight is 206 g/mol. The van der Waals surface area contributed by atoms with E-state index in [4.69, 9.17) is 5.73 Å². The fourth-order valence-electron chi connectivity index (χ4n) is 1.88. The highest BCUT2D eigenvalue weighted by Gasteiger charge is 2.30. The van der Waals surface area contributed by atoms with Crippen molar-refractivity contribution in [3.05, 3.63) is 18.5 Å². The van der Waals surface area contributed by atoms with E-state index in [1.807, 2.05) is 0 Å². The number of hydrogen-bond acceptors (Lipinski definition) is 4. The molecule has 2 rings (SSSR count). The molecule has 1 saturated carbocycles. The summed E-state index contributed by atoms with van der Waals surface area (Å²) in [7, 11) is 0. The van der Waals surface area contributed by atoms with Crippen molar-refractivity contribution in [2.75, 3.05) is 5.32 Å². The maximum Gasteiger partial charge on any atom is 0.231 e. The molecular weight excluding hydrogens is 192 g/mol. The third-order valence-corrected chi connectivity index (χ3v) is 2.71. The van der Waals surface area contributed by atoms with E-state index in [0.29, 0.717) is 5.95 Å². The summed E-state index contributed by atoms with van der Waals surface area (Å²) in [5.41, 5.74) is 5.83. The lowest BCUT2D eigenvalue weighted by Crippen LogP contribution is -2.34. The molecule has 80 valence electrons. The standard InChI is InChI=1S/C10H14N4O/c11-8-4-1-3-7(8)9(15)14-10-12-5-2-6-13-10/h2,5-8H,1,3-4,11H2,(H,12,13,14,15). The minimum atomic E-state index is -0.0891. The van der Waals surface area contributed by atoms with Gasteiger partial charge in [-0.15, -0.1) is 0 Å². The van der Waals surface area contributed by atoms with Crippen LogP contribution in [0.15, 0.2) is 18.5 Å². The van der Waals surface area contributed by atoms with Gasteiger partial charge in [0.05, 0.1) is 5.92 Å². The number of carbonyl (C=O) groups is 1. The summed E-state index contributed by atoms with van der Waals surface area (Å²) in [6.45, 7) is 0. The van der Waals surface area contributed by atoms with Gasteiger partial charge in [-0.2, -0.15) is 0 Å². The van der Waals surface area contributed by atoms with Crippen LogP contribution in [0.1, 0.15) is 19.3 Å². The maximum atomic E-state index is 11.8. The lowest BCUT2D eigenvalue weighted by molar-refractivity contribution is -0.120. The van der Waals surface area contributed by atoms with Gasteiger partial charge in [0, 0.05) is 18.4 Å². The fourth-order valence-corrected chi connectivity index (χ4v) is 1.88. The van der Waals surface area contributed by atoms with Crippen molar-refractivity contribution >= 4 is 11.9 Å². The Labute approximate surface area is 88.1 Å². The van der Waals surface area contributed by atoms with Crippen LogP contribution in [0, 0.1) is 5.92 Å². The van der Waals surface area contributed by atoms with Gasteiger partial charge in [-0.3, -0.25) is 10.1 Å². The highest BCUT2D eigenvalue weighted by molar-refractivity contribution is 5.91. The molecule has 0 aliphatic heterocycles. The van der Waals surface area contributed by atoms with E-state index in [2.05, 4.69) is 15.3 Å². The summed E-state index contributed by atoms with van der Waals surface area (Å²) in [5.74, 6) is 0.196. The lowest BCUT2D eigenvalue weighted by atomic mass is 10.0. The molecule has 5 nitrogen and oxygen atoms in total. The molecule has 5 heteroatoms. The van der Waals surface area contributed by atoms with Gasteiger partial charge in [-0.05, 0) is 18.9 Å². The Balaban J connectivity index is 1.98. The Hall–Kier alpha value is -1.49. The topological polar surface area (TPSA) is 80.9 Å². The number of nitrogens with two attached hydrogens (primary N) is 1. The monoisotopic (exact) mass is 206 g/mol. The number of aromatic nitrogens is 2. The van der Waals surface area contributed by atoms with E-state index in [-0.39, 0.29) is 17.9 Å². The van der Waals surface area contributed by atoms with Crippen LogP contribution in [-0.4, -0.2) is 21.9 Å². The van der Waals surface area contributed by atoms with Crippen molar-refractivity contribution < 1.29 is 4.79 Å². The predicted molar refractivity (Wildman–Crippen MR) is 56.0 cm³/mol.